The average Bonchev–Trinajstić information content (AvgIpc) is 2.11. The van der Waals surface area contributed by atoms with Crippen molar-refractivity contribution < 1.29 is 9.53 Å². The lowest BCUT2D eigenvalue weighted by atomic mass is 10.3. The van der Waals surface area contributed by atoms with Gasteiger partial charge in [-0.3, -0.25) is 9.59 Å². The average molecular weight is 196 g/mol. The van der Waals surface area contributed by atoms with Gasteiger partial charge in [0.2, 0.25) is 5.43 Å². The highest BCUT2D eigenvalue weighted by molar-refractivity contribution is 5.78. The second-order valence-electron chi connectivity index (χ2n) is 2.96. The molecule has 0 radical (unpaired) electrons. The van der Waals surface area contributed by atoms with Crippen molar-refractivity contribution in [1.29, 1.82) is 0 Å². The van der Waals surface area contributed by atoms with Gasteiger partial charge in [0, 0.05) is 12.3 Å². The molecule has 1 amide bonds. The molecule has 0 fully saturated rings. The Morgan fingerprint density at radius 3 is 2.79 bits per heavy atom. The molecular weight excluding hydrogens is 184 g/mol. The first-order valence-electron chi connectivity index (χ1n) is 4.16. The second kappa shape index (κ2) is 3.95. The number of primary amides is 1. The number of aromatic amines is 1. The molecule has 5 heteroatoms. The Morgan fingerprint density at radius 1 is 1.64 bits per heavy atom. The summed E-state index contributed by atoms with van der Waals surface area (Å²) < 4.78 is 5.12. The van der Waals surface area contributed by atoms with Crippen LogP contribution in [0.25, 0.3) is 0 Å². The van der Waals surface area contributed by atoms with Crippen LogP contribution in [0.15, 0.2) is 17.1 Å². The molecule has 76 valence electrons. The van der Waals surface area contributed by atoms with Gasteiger partial charge >= 0.3 is 0 Å². The summed E-state index contributed by atoms with van der Waals surface area (Å²) in [7, 11) is 0. The molecule has 1 aromatic heterocycles. The van der Waals surface area contributed by atoms with Crippen molar-refractivity contribution in [2.45, 2.75) is 20.0 Å². The Bertz CT molecular complexity index is 397. The van der Waals surface area contributed by atoms with Crippen molar-refractivity contribution in [2.75, 3.05) is 0 Å². The predicted molar refractivity (Wildman–Crippen MR) is 51.1 cm³/mol. The molecule has 14 heavy (non-hydrogen) atoms. The quantitative estimate of drug-likeness (QED) is 0.709. The summed E-state index contributed by atoms with van der Waals surface area (Å²) in [5.41, 5.74) is 5.31. The number of hydrogen-bond acceptors (Lipinski definition) is 3. The SMILES string of the molecule is Cc1[nH]ccc(=O)c1O[C@H](C)C(N)=O. The van der Waals surface area contributed by atoms with Gasteiger partial charge in [-0.1, -0.05) is 0 Å². The molecule has 0 unspecified atom stereocenters. The van der Waals surface area contributed by atoms with Crippen molar-refractivity contribution in [3.05, 3.63) is 28.2 Å². The lowest BCUT2D eigenvalue weighted by Gasteiger charge is -2.11. The van der Waals surface area contributed by atoms with Gasteiger partial charge in [-0.15, -0.1) is 0 Å². The van der Waals surface area contributed by atoms with Crippen LogP contribution < -0.4 is 15.9 Å². The van der Waals surface area contributed by atoms with Crippen molar-refractivity contribution in [2.24, 2.45) is 5.73 Å². The van der Waals surface area contributed by atoms with Crippen molar-refractivity contribution in [1.82, 2.24) is 4.98 Å². The van der Waals surface area contributed by atoms with Crippen molar-refractivity contribution in [3.8, 4) is 5.75 Å². The van der Waals surface area contributed by atoms with Gasteiger partial charge in [-0.05, 0) is 13.8 Å². The van der Waals surface area contributed by atoms with Crippen LogP contribution in [-0.2, 0) is 4.79 Å². The van der Waals surface area contributed by atoms with E-state index in [2.05, 4.69) is 4.98 Å². The van der Waals surface area contributed by atoms with E-state index in [1.165, 1.54) is 19.2 Å². The third-order valence-electron chi connectivity index (χ3n) is 1.79. The van der Waals surface area contributed by atoms with Crippen LogP contribution >= 0.6 is 0 Å². The molecule has 0 aliphatic carbocycles. The number of nitrogens with one attached hydrogen (secondary N) is 1. The zero-order valence-corrected chi connectivity index (χ0v) is 8.03. The number of pyridine rings is 1. The number of aryl methyl sites for hydroxylation is 1. The Balaban J connectivity index is 2.97. The number of amides is 1. The van der Waals surface area contributed by atoms with Crippen LogP contribution in [-0.4, -0.2) is 17.0 Å². The van der Waals surface area contributed by atoms with Gasteiger partial charge in [0.15, 0.2) is 11.9 Å². The third-order valence-corrected chi connectivity index (χ3v) is 1.79. The lowest BCUT2D eigenvalue weighted by molar-refractivity contribution is -0.124. The van der Waals surface area contributed by atoms with E-state index in [1.807, 2.05) is 0 Å². The molecule has 0 spiro atoms. The fourth-order valence-electron chi connectivity index (χ4n) is 0.950. The fraction of sp³-hybridized carbons (Fsp3) is 0.333. The van der Waals surface area contributed by atoms with E-state index in [9.17, 15) is 9.59 Å². The molecule has 0 bridgehead atoms. The summed E-state index contributed by atoms with van der Waals surface area (Å²) in [5, 5.41) is 0. The summed E-state index contributed by atoms with van der Waals surface area (Å²) in [5.74, 6) is -0.466. The standard InChI is InChI=1S/C9H12N2O3/c1-5-8(7(12)3-4-11-5)14-6(2)9(10)13/h3-4,6H,1-2H3,(H2,10,13)(H,11,12)/t6-/m1/s1. The number of H-pyrrole nitrogens is 1. The molecule has 0 saturated carbocycles. The first-order valence-corrected chi connectivity index (χ1v) is 4.16. The number of carbonyl (C=O) groups excluding carboxylic acids is 1. The molecule has 1 atom stereocenters. The van der Waals surface area contributed by atoms with Crippen molar-refractivity contribution >= 4 is 5.91 Å². The zero-order chi connectivity index (χ0) is 10.7. The molecule has 0 aliphatic rings. The molecule has 0 aromatic carbocycles. The van der Waals surface area contributed by atoms with Crippen LogP contribution in [0.3, 0.4) is 0 Å². The van der Waals surface area contributed by atoms with Crippen LogP contribution in [0.4, 0.5) is 0 Å². The monoisotopic (exact) mass is 196 g/mol. The predicted octanol–water partition coefficient (Wildman–Crippen LogP) is -0.0641. The van der Waals surface area contributed by atoms with E-state index in [1.54, 1.807) is 6.92 Å². The van der Waals surface area contributed by atoms with E-state index in [0.29, 0.717) is 5.69 Å². The molecular formula is C9H12N2O3. The van der Waals surface area contributed by atoms with Gasteiger partial charge in [0.05, 0.1) is 5.69 Å². The molecule has 1 aromatic rings. The maximum atomic E-state index is 11.3. The number of ether oxygens (including phenoxy) is 1. The lowest BCUT2D eigenvalue weighted by Crippen LogP contribution is -2.32. The Hall–Kier alpha value is -1.78. The third kappa shape index (κ3) is 2.12. The van der Waals surface area contributed by atoms with E-state index in [0.717, 1.165) is 0 Å². The molecule has 0 saturated heterocycles. The Kier molecular flexibility index (Phi) is 2.91. The van der Waals surface area contributed by atoms with Crippen LogP contribution in [0.1, 0.15) is 12.6 Å². The maximum Gasteiger partial charge on any atom is 0.258 e. The first-order chi connectivity index (χ1) is 6.52. The minimum absolute atomic E-state index is 0.138. The number of hydrogen-bond donors (Lipinski definition) is 2. The van der Waals surface area contributed by atoms with Crippen LogP contribution in [0, 0.1) is 6.92 Å². The molecule has 1 rings (SSSR count). The summed E-state index contributed by atoms with van der Waals surface area (Å²) in [6, 6.07) is 1.33. The number of carbonyl (C=O) groups is 1. The minimum atomic E-state index is -0.808. The molecule has 1 heterocycles. The number of nitrogens with two attached hydrogens (primary N) is 1. The first kappa shape index (κ1) is 10.3. The largest absolute Gasteiger partial charge is 0.475 e. The van der Waals surface area contributed by atoms with Crippen LogP contribution in [0.5, 0.6) is 5.75 Å². The molecule has 0 aliphatic heterocycles. The van der Waals surface area contributed by atoms with E-state index < -0.39 is 12.0 Å². The summed E-state index contributed by atoms with van der Waals surface area (Å²) in [4.78, 5) is 24.8. The zero-order valence-electron chi connectivity index (χ0n) is 8.03. The van der Waals surface area contributed by atoms with Gasteiger partial charge in [-0.25, -0.2) is 0 Å². The Morgan fingerprint density at radius 2 is 2.29 bits per heavy atom. The maximum absolute atomic E-state index is 11.3. The van der Waals surface area contributed by atoms with Crippen molar-refractivity contribution in [3.63, 3.8) is 0 Å². The van der Waals surface area contributed by atoms with Gasteiger partial charge in [0.1, 0.15) is 0 Å². The summed E-state index contributed by atoms with van der Waals surface area (Å²) in [6.45, 7) is 3.18. The number of aromatic nitrogens is 1. The van der Waals surface area contributed by atoms with Gasteiger partial charge in [0.25, 0.3) is 5.91 Å². The second-order valence-corrected chi connectivity index (χ2v) is 2.96. The summed E-state index contributed by atoms with van der Waals surface area (Å²) in [6.07, 6.45) is 0.705. The fourth-order valence-corrected chi connectivity index (χ4v) is 0.950. The highest BCUT2D eigenvalue weighted by Crippen LogP contribution is 2.09. The van der Waals surface area contributed by atoms with E-state index in [4.69, 9.17) is 10.5 Å². The topological polar surface area (TPSA) is 85.2 Å². The highest BCUT2D eigenvalue weighted by Gasteiger charge is 2.13. The molecule has 5 nitrogen and oxygen atoms in total. The summed E-state index contributed by atoms with van der Waals surface area (Å²) >= 11 is 0. The highest BCUT2D eigenvalue weighted by atomic mass is 16.5. The normalized spacial score (nSPS) is 12.1. The van der Waals surface area contributed by atoms with Gasteiger partial charge < -0.3 is 15.5 Å². The number of rotatable bonds is 3. The smallest absolute Gasteiger partial charge is 0.258 e. The van der Waals surface area contributed by atoms with Gasteiger partial charge in [-0.2, -0.15) is 0 Å². The van der Waals surface area contributed by atoms with E-state index in [-0.39, 0.29) is 11.2 Å². The Labute approximate surface area is 80.9 Å². The molecule has 3 N–H and O–H groups in total. The van der Waals surface area contributed by atoms with E-state index >= 15 is 0 Å². The minimum Gasteiger partial charge on any atom is -0.475 e. The van der Waals surface area contributed by atoms with Crippen LogP contribution in [0.2, 0.25) is 0 Å².